The number of anilines is 1. The maximum absolute atomic E-state index is 14.6. The molecular formula is C19H16F4N6O2S. The lowest BCUT2D eigenvalue weighted by atomic mass is 10.3. The molecule has 1 aliphatic rings. The third kappa shape index (κ3) is 4.77. The minimum atomic E-state index is -4.61. The molecule has 8 nitrogen and oxygen atoms in total. The minimum Gasteiger partial charge on any atom is -0.490 e. The zero-order valence-electron chi connectivity index (χ0n) is 16.6. The summed E-state index contributed by atoms with van der Waals surface area (Å²) in [6.07, 6.45) is -0.415. The van der Waals surface area contributed by atoms with Gasteiger partial charge < -0.3 is 10.1 Å². The van der Waals surface area contributed by atoms with Gasteiger partial charge in [0, 0.05) is 29.1 Å². The fraction of sp³-hybridized carbons (Fsp3) is 0.263. The van der Waals surface area contributed by atoms with E-state index in [1.807, 2.05) is 5.41 Å². The van der Waals surface area contributed by atoms with E-state index in [9.17, 15) is 22.4 Å². The molecular weight excluding hydrogens is 452 g/mol. The average Bonchev–Trinajstić information content (AvgIpc) is 3.36. The Balaban J connectivity index is 1.45. The van der Waals surface area contributed by atoms with Crippen molar-refractivity contribution in [1.82, 2.24) is 24.3 Å². The number of nitrogens with zero attached hydrogens (tertiary/aromatic N) is 5. The van der Waals surface area contributed by atoms with Crippen molar-refractivity contribution < 1.29 is 27.1 Å². The van der Waals surface area contributed by atoms with E-state index < -0.39 is 30.1 Å². The van der Waals surface area contributed by atoms with E-state index in [1.54, 1.807) is 18.0 Å². The van der Waals surface area contributed by atoms with Gasteiger partial charge in [0.05, 0.1) is 18.5 Å². The predicted molar refractivity (Wildman–Crippen MR) is 108 cm³/mol. The topological polar surface area (TPSA) is 86.9 Å². The molecule has 0 saturated carbocycles. The summed E-state index contributed by atoms with van der Waals surface area (Å²) in [5, 5.41) is 7.62. The summed E-state index contributed by atoms with van der Waals surface area (Å²) in [5.74, 6) is -0.00997. The van der Waals surface area contributed by atoms with E-state index in [-0.39, 0.29) is 17.2 Å². The Labute approximate surface area is 183 Å². The normalized spacial score (nSPS) is 14.1. The van der Waals surface area contributed by atoms with Crippen LogP contribution in [0.5, 0.6) is 0 Å². The van der Waals surface area contributed by atoms with Crippen LogP contribution >= 0.6 is 11.8 Å². The van der Waals surface area contributed by atoms with Crippen LogP contribution in [0.3, 0.4) is 0 Å². The second-order valence-corrected chi connectivity index (χ2v) is 7.75. The van der Waals surface area contributed by atoms with E-state index in [4.69, 9.17) is 4.74 Å². The van der Waals surface area contributed by atoms with Gasteiger partial charge in [-0.25, -0.2) is 14.4 Å². The third-order valence-corrected chi connectivity index (χ3v) is 5.18. The number of aryl methyl sites for hydroxylation is 1. The Morgan fingerprint density at radius 3 is 2.78 bits per heavy atom. The Morgan fingerprint density at radius 1 is 1.31 bits per heavy atom. The highest BCUT2D eigenvalue weighted by Gasteiger charge is 2.34. The van der Waals surface area contributed by atoms with Crippen molar-refractivity contribution in [3.05, 3.63) is 59.2 Å². The monoisotopic (exact) mass is 468 g/mol. The van der Waals surface area contributed by atoms with Crippen LogP contribution in [0.2, 0.25) is 0 Å². The van der Waals surface area contributed by atoms with Crippen LogP contribution in [0.4, 0.5) is 23.2 Å². The standard InChI is InChI=1S/C19H16F4N6O2S/c1-11-4-16(19(21,22)23)27-29(11)8-17(30)26-12-5-13(20)18(24-6-12)28-7-14(25-10-28)15-9-32-3-2-31-15/h4-7,9-10H,2-3,8H2,1H3,(H,26,30). The molecule has 4 heterocycles. The third-order valence-electron chi connectivity index (χ3n) is 4.40. The van der Waals surface area contributed by atoms with Gasteiger partial charge in [-0.1, -0.05) is 0 Å². The maximum atomic E-state index is 14.6. The lowest BCUT2D eigenvalue weighted by Gasteiger charge is -2.12. The highest BCUT2D eigenvalue weighted by molar-refractivity contribution is 8.02. The van der Waals surface area contributed by atoms with E-state index in [1.165, 1.54) is 24.0 Å². The average molecular weight is 468 g/mol. The zero-order chi connectivity index (χ0) is 22.9. The van der Waals surface area contributed by atoms with Crippen molar-refractivity contribution in [3.8, 4) is 5.82 Å². The first-order valence-electron chi connectivity index (χ1n) is 9.27. The molecule has 4 rings (SSSR count). The molecule has 0 unspecified atom stereocenters. The molecule has 1 amide bonds. The second-order valence-electron chi connectivity index (χ2n) is 6.77. The van der Waals surface area contributed by atoms with Crippen molar-refractivity contribution in [1.29, 1.82) is 0 Å². The molecule has 0 atom stereocenters. The predicted octanol–water partition coefficient (Wildman–Crippen LogP) is 3.63. The van der Waals surface area contributed by atoms with E-state index >= 15 is 0 Å². The van der Waals surface area contributed by atoms with Crippen LogP contribution in [-0.2, 0) is 22.3 Å². The summed E-state index contributed by atoms with van der Waals surface area (Å²) in [5.41, 5.74) is -0.346. The molecule has 0 spiro atoms. The number of halogens is 4. The van der Waals surface area contributed by atoms with Gasteiger partial charge in [-0.15, -0.1) is 11.8 Å². The van der Waals surface area contributed by atoms with Gasteiger partial charge in [-0.05, 0) is 13.0 Å². The van der Waals surface area contributed by atoms with Crippen LogP contribution in [0.25, 0.3) is 11.6 Å². The number of ether oxygens (including phenoxy) is 1. The van der Waals surface area contributed by atoms with Gasteiger partial charge in [0.15, 0.2) is 23.1 Å². The summed E-state index contributed by atoms with van der Waals surface area (Å²) in [4.78, 5) is 20.4. The van der Waals surface area contributed by atoms with Crippen molar-refractivity contribution >= 4 is 29.1 Å². The molecule has 0 aliphatic carbocycles. The first kappa shape index (κ1) is 21.9. The quantitative estimate of drug-likeness (QED) is 0.576. The van der Waals surface area contributed by atoms with Crippen molar-refractivity contribution in [2.45, 2.75) is 19.6 Å². The van der Waals surface area contributed by atoms with Crippen LogP contribution < -0.4 is 5.32 Å². The van der Waals surface area contributed by atoms with Crippen molar-refractivity contribution in [3.63, 3.8) is 0 Å². The molecule has 168 valence electrons. The molecule has 1 aliphatic heterocycles. The van der Waals surface area contributed by atoms with E-state index in [0.717, 1.165) is 22.6 Å². The van der Waals surface area contributed by atoms with Gasteiger partial charge in [0.25, 0.3) is 0 Å². The fourth-order valence-corrected chi connectivity index (χ4v) is 3.54. The number of nitrogens with one attached hydrogen (secondary N) is 1. The fourth-order valence-electron chi connectivity index (χ4n) is 2.90. The summed E-state index contributed by atoms with van der Waals surface area (Å²) in [7, 11) is 0. The zero-order valence-corrected chi connectivity index (χ0v) is 17.4. The lowest BCUT2D eigenvalue weighted by Crippen LogP contribution is -2.21. The minimum absolute atomic E-state index is 0.0384. The number of thioether (sulfide) groups is 1. The Morgan fingerprint density at radius 2 is 2.12 bits per heavy atom. The molecule has 13 heteroatoms. The summed E-state index contributed by atoms with van der Waals surface area (Å²) < 4.78 is 60.7. The number of amides is 1. The molecule has 0 radical (unpaired) electrons. The van der Waals surface area contributed by atoms with E-state index in [0.29, 0.717) is 18.1 Å². The highest BCUT2D eigenvalue weighted by Crippen LogP contribution is 2.28. The molecule has 32 heavy (non-hydrogen) atoms. The van der Waals surface area contributed by atoms with Gasteiger partial charge in [0.1, 0.15) is 18.6 Å². The number of carbonyl (C=O) groups excluding carboxylic acids is 1. The maximum Gasteiger partial charge on any atom is 0.435 e. The first-order chi connectivity index (χ1) is 15.2. The number of hydrogen-bond acceptors (Lipinski definition) is 6. The first-order valence-corrected chi connectivity index (χ1v) is 10.3. The SMILES string of the molecule is Cc1cc(C(F)(F)F)nn1CC(=O)Nc1cnc(-n2cnc(C3=CSCCO3)c2)c(F)c1. The van der Waals surface area contributed by atoms with Crippen molar-refractivity contribution in [2.24, 2.45) is 0 Å². The Hall–Kier alpha value is -3.35. The number of pyridine rings is 1. The molecule has 0 bridgehead atoms. The largest absolute Gasteiger partial charge is 0.490 e. The summed E-state index contributed by atoms with van der Waals surface area (Å²) in [6.45, 7) is 1.49. The Bertz CT molecular complexity index is 1190. The van der Waals surface area contributed by atoms with Gasteiger partial charge in [-0.3, -0.25) is 14.0 Å². The Kier molecular flexibility index (Phi) is 5.91. The van der Waals surface area contributed by atoms with Gasteiger partial charge >= 0.3 is 6.18 Å². The van der Waals surface area contributed by atoms with Crippen LogP contribution in [-0.4, -0.2) is 42.6 Å². The molecule has 0 saturated heterocycles. The van der Waals surface area contributed by atoms with Gasteiger partial charge in [-0.2, -0.15) is 18.3 Å². The second kappa shape index (κ2) is 8.65. The molecule has 3 aromatic rings. The molecule has 1 N–H and O–H groups in total. The summed E-state index contributed by atoms with van der Waals surface area (Å²) >= 11 is 1.59. The number of hydrogen-bond donors (Lipinski definition) is 1. The number of rotatable bonds is 5. The number of imidazole rings is 1. The molecule has 0 fully saturated rings. The van der Waals surface area contributed by atoms with Gasteiger partial charge in [0.2, 0.25) is 5.91 Å². The van der Waals surface area contributed by atoms with Crippen LogP contribution in [0, 0.1) is 12.7 Å². The number of alkyl halides is 3. The highest BCUT2D eigenvalue weighted by atomic mass is 32.2. The van der Waals surface area contributed by atoms with Crippen molar-refractivity contribution in [2.75, 3.05) is 17.7 Å². The van der Waals surface area contributed by atoms with Crippen LogP contribution in [0.15, 0.2) is 36.3 Å². The number of aromatic nitrogens is 5. The lowest BCUT2D eigenvalue weighted by molar-refractivity contribution is -0.141. The van der Waals surface area contributed by atoms with E-state index in [2.05, 4.69) is 20.4 Å². The molecule has 0 aromatic carbocycles. The molecule has 3 aromatic heterocycles. The smallest absolute Gasteiger partial charge is 0.435 e. The van der Waals surface area contributed by atoms with Crippen LogP contribution in [0.1, 0.15) is 17.1 Å². The number of carbonyl (C=O) groups is 1. The summed E-state index contributed by atoms with van der Waals surface area (Å²) in [6, 6.07) is 1.90.